The van der Waals surface area contributed by atoms with Crippen LogP contribution in [0.25, 0.3) is 6.08 Å². The fourth-order valence-electron chi connectivity index (χ4n) is 2.88. The summed E-state index contributed by atoms with van der Waals surface area (Å²) >= 11 is 0. The number of hydrogen-bond donors (Lipinski definition) is 1. The average molecular weight is 417 g/mol. The number of ether oxygens (including phenoxy) is 1. The van der Waals surface area contributed by atoms with Crippen molar-refractivity contribution in [1.29, 1.82) is 5.26 Å². The second-order valence-electron chi connectivity index (χ2n) is 6.30. The number of halogens is 3. The number of anilines is 2. The van der Waals surface area contributed by atoms with Gasteiger partial charge in [-0.3, -0.25) is 4.79 Å². The Kier molecular flexibility index (Phi) is 7.48. The number of rotatable bonds is 7. The molecule has 0 unspecified atom stereocenters. The number of nitrogens with one attached hydrogen (secondary N) is 1. The molecule has 30 heavy (non-hydrogen) atoms. The van der Waals surface area contributed by atoms with Crippen LogP contribution in [0.3, 0.4) is 0 Å². The SMILES string of the molecule is CCN(CC)c1ccc(/C=C(/C#N)C(=O)Nc2cccc(C(F)(F)F)c2)c(OC)c1. The summed E-state index contributed by atoms with van der Waals surface area (Å²) in [4.78, 5) is 14.6. The van der Waals surface area contributed by atoms with Crippen LogP contribution in [0.2, 0.25) is 0 Å². The van der Waals surface area contributed by atoms with Crippen LogP contribution in [0.4, 0.5) is 24.5 Å². The topological polar surface area (TPSA) is 65.4 Å². The first-order valence-electron chi connectivity index (χ1n) is 9.26. The zero-order valence-electron chi connectivity index (χ0n) is 16.9. The lowest BCUT2D eigenvalue weighted by Crippen LogP contribution is -2.21. The molecule has 0 heterocycles. The Labute approximate surface area is 173 Å². The van der Waals surface area contributed by atoms with Gasteiger partial charge >= 0.3 is 6.18 Å². The standard InChI is InChI=1S/C22H22F3N3O2/c1-4-28(5-2)19-10-9-15(20(13-19)30-3)11-16(14-26)21(29)27-18-8-6-7-17(12-18)22(23,24)25/h6-13H,4-5H2,1-3H3,(H,27,29)/b16-11-. The Morgan fingerprint density at radius 3 is 2.47 bits per heavy atom. The van der Waals surface area contributed by atoms with E-state index in [1.165, 1.54) is 25.3 Å². The highest BCUT2D eigenvalue weighted by Crippen LogP contribution is 2.31. The molecule has 0 atom stereocenters. The lowest BCUT2D eigenvalue weighted by atomic mass is 10.1. The molecule has 0 aliphatic heterocycles. The summed E-state index contributed by atoms with van der Waals surface area (Å²) in [5.74, 6) is -0.342. The lowest BCUT2D eigenvalue weighted by Gasteiger charge is -2.22. The van der Waals surface area contributed by atoms with E-state index in [0.717, 1.165) is 30.9 Å². The van der Waals surface area contributed by atoms with Crippen LogP contribution >= 0.6 is 0 Å². The number of hydrogen-bond acceptors (Lipinski definition) is 4. The second-order valence-corrected chi connectivity index (χ2v) is 6.30. The zero-order valence-corrected chi connectivity index (χ0v) is 16.9. The van der Waals surface area contributed by atoms with E-state index in [-0.39, 0.29) is 11.3 Å². The first kappa shape index (κ1) is 22.8. The van der Waals surface area contributed by atoms with Crippen LogP contribution in [-0.2, 0) is 11.0 Å². The minimum absolute atomic E-state index is 0.0557. The van der Waals surface area contributed by atoms with Gasteiger partial charge in [0.1, 0.15) is 17.4 Å². The third-order valence-corrected chi connectivity index (χ3v) is 4.46. The molecule has 0 aliphatic carbocycles. The molecule has 2 rings (SSSR count). The van der Waals surface area contributed by atoms with E-state index in [0.29, 0.717) is 11.3 Å². The molecule has 0 spiro atoms. The minimum Gasteiger partial charge on any atom is -0.496 e. The average Bonchev–Trinajstić information content (AvgIpc) is 2.72. The summed E-state index contributed by atoms with van der Waals surface area (Å²) in [7, 11) is 1.48. The van der Waals surface area contributed by atoms with Crippen LogP contribution in [0.5, 0.6) is 5.75 Å². The smallest absolute Gasteiger partial charge is 0.416 e. The number of carbonyl (C=O) groups is 1. The van der Waals surface area contributed by atoms with Gasteiger partial charge in [0, 0.05) is 36.1 Å². The fourth-order valence-corrected chi connectivity index (χ4v) is 2.88. The maximum Gasteiger partial charge on any atom is 0.416 e. The zero-order chi connectivity index (χ0) is 22.3. The van der Waals surface area contributed by atoms with Gasteiger partial charge in [0.25, 0.3) is 5.91 Å². The molecule has 0 saturated carbocycles. The molecule has 2 aromatic rings. The molecule has 2 aromatic carbocycles. The van der Waals surface area contributed by atoms with Gasteiger partial charge in [0.2, 0.25) is 0 Å². The number of benzene rings is 2. The molecule has 158 valence electrons. The highest BCUT2D eigenvalue weighted by atomic mass is 19.4. The number of carbonyl (C=O) groups excluding carboxylic acids is 1. The van der Waals surface area contributed by atoms with Gasteiger partial charge < -0.3 is 15.0 Å². The van der Waals surface area contributed by atoms with Crippen LogP contribution in [-0.4, -0.2) is 26.1 Å². The van der Waals surface area contributed by atoms with Crippen molar-refractivity contribution in [3.8, 4) is 11.8 Å². The van der Waals surface area contributed by atoms with E-state index < -0.39 is 17.6 Å². The van der Waals surface area contributed by atoms with Crippen molar-refractivity contribution in [2.24, 2.45) is 0 Å². The molecular formula is C22H22F3N3O2. The van der Waals surface area contributed by atoms with Gasteiger partial charge in [-0.25, -0.2) is 0 Å². The van der Waals surface area contributed by atoms with Crippen LogP contribution in [0, 0.1) is 11.3 Å². The molecule has 8 heteroatoms. The van der Waals surface area contributed by atoms with Gasteiger partial charge in [0.15, 0.2) is 0 Å². The highest BCUT2D eigenvalue weighted by molar-refractivity contribution is 6.09. The lowest BCUT2D eigenvalue weighted by molar-refractivity contribution is -0.137. The van der Waals surface area contributed by atoms with E-state index in [1.54, 1.807) is 18.2 Å². The molecule has 0 saturated heterocycles. The first-order valence-corrected chi connectivity index (χ1v) is 9.26. The molecule has 0 aliphatic rings. The predicted molar refractivity (Wildman–Crippen MR) is 110 cm³/mol. The van der Waals surface area contributed by atoms with Crippen LogP contribution < -0.4 is 15.0 Å². The maximum atomic E-state index is 12.8. The van der Waals surface area contributed by atoms with Gasteiger partial charge in [-0.1, -0.05) is 6.07 Å². The van der Waals surface area contributed by atoms with Gasteiger partial charge in [-0.05, 0) is 50.3 Å². The van der Waals surface area contributed by atoms with Gasteiger partial charge in [-0.2, -0.15) is 18.4 Å². The number of alkyl halides is 3. The molecule has 1 amide bonds. The van der Waals surface area contributed by atoms with Gasteiger partial charge in [-0.15, -0.1) is 0 Å². The third-order valence-electron chi connectivity index (χ3n) is 4.46. The molecule has 1 N–H and O–H groups in total. The van der Waals surface area contributed by atoms with Crippen molar-refractivity contribution in [2.75, 3.05) is 30.4 Å². The number of nitrogens with zero attached hydrogens (tertiary/aromatic N) is 2. The summed E-state index contributed by atoms with van der Waals surface area (Å²) in [6.07, 6.45) is -3.19. The predicted octanol–water partition coefficient (Wildman–Crippen LogP) is 5.11. The molecule has 0 bridgehead atoms. The van der Waals surface area contributed by atoms with Crippen molar-refractivity contribution in [2.45, 2.75) is 20.0 Å². The Hall–Kier alpha value is -3.47. The Morgan fingerprint density at radius 1 is 1.20 bits per heavy atom. The molecule has 0 radical (unpaired) electrons. The van der Waals surface area contributed by atoms with Crippen molar-refractivity contribution < 1.29 is 22.7 Å². The number of nitriles is 1. The Morgan fingerprint density at radius 2 is 1.90 bits per heavy atom. The minimum atomic E-state index is -4.53. The molecule has 0 fully saturated rings. The Balaban J connectivity index is 2.31. The number of methoxy groups -OCH3 is 1. The van der Waals surface area contributed by atoms with E-state index in [4.69, 9.17) is 4.74 Å². The van der Waals surface area contributed by atoms with Crippen molar-refractivity contribution in [3.05, 3.63) is 59.2 Å². The summed E-state index contributed by atoms with van der Waals surface area (Å²) in [6.45, 7) is 5.65. The monoisotopic (exact) mass is 417 g/mol. The van der Waals surface area contributed by atoms with Crippen molar-refractivity contribution >= 4 is 23.4 Å². The first-order chi connectivity index (χ1) is 14.2. The molecule has 5 nitrogen and oxygen atoms in total. The highest BCUT2D eigenvalue weighted by Gasteiger charge is 2.30. The molecular weight excluding hydrogens is 395 g/mol. The maximum absolute atomic E-state index is 12.8. The molecule has 0 aromatic heterocycles. The summed E-state index contributed by atoms with van der Waals surface area (Å²) < 4.78 is 43.9. The van der Waals surface area contributed by atoms with E-state index in [2.05, 4.69) is 10.2 Å². The second kappa shape index (κ2) is 9.83. The largest absolute Gasteiger partial charge is 0.496 e. The summed E-state index contributed by atoms with van der Waals surface area (Å²) in [6, 6.07) is 11.4. The number of amides is 1. The van der Waals surface area contributed by atoms with Crippen molar-refractivity contribution in [1.82, 2.24) is 0 Å². The summed E-state index contributed by atoms with van der Waals surface area (Å²) in [5.41, 5.74) is 0.225. The Bertz CT molecular complexity index is 974. The van der Waals surface area contributed by atoms with E-state index in [9.17, 15) is 23.2 Å². The normalized spacial score (nSPS) is 11.6. The van der Waals surface area contributed by atoms with Crippen LogP contribution in [0.1, 0.15) is 25.0 Å². The van der Waals surface area contributed by atoms with E-state index in [1.807, 2.05) is 19.9 Å². The summed E-state index contributed by atoms with van der Waals surface area (Å²) in [5, 5.41) is 11.7. The third kappa shape index (κ3) is 5.54. The van der Waals surface area contributed by atoms with Crippen LogP contribution in [0.15, 0.2) is 48.0 Å². The fraction of sp³-hybridized carbons (Fsp3) is 0.273. The quantitative estimate of drug-likeness (QED) is 0.503. The van der Waals surface area contributed by atoms with E-state index >= 15 is 0 Å². The van der Waals surface area contributed by atoms with Gasteiger partial charge in [0.05, 0.1) is 12.7 Å². The van der Waals surface area contributed by atoms with Crippen molar-refractivity contribution in [3.63, 3.8) is 0 Å².